The van der Waals surface area contributed by atoms with Gasteiger partial charge in [-0.25, -0.2) is 14.4 Å². The molecule has 0 saturated carbocycles. The Bertz CT molecular complexity index is 1560. The van der Waals surface area contributed by atoms with Crippen molar-refractivity contribution in [2.45, 2.75) is 24.7 Å². The Kier molecular flexibility index (Phi) is 9.20. The summed E-state index contributed by atoms with van der Waals surface area (Å²) in [5, 5.41) is 22.1. The van der Waals surface area contributed by atoms with Crippen LogP contribution in [-0.2, 0) is 9.53 Å². The van der Waals surface area contributed by atoms with Crippen LogP contribution in [0, 0.1) is 11.3 Å². The van der Waals surface area contributed by atoms with E-state index < -0.39 is 24.8 Å². The summed E-state index contributed by atoms with van der Waals surface area (Å²) in [5.74, 6) is 1.10. The van der Waals surface area contributed by atoms with Crippen LogP contribution in [0.5, 0.6) is 11.5 Å². The van der Waals surface area contributed by atoms with Gasteiger partial charge in [0, 0.05) is 56.5 Å². The monoisotopic (exact) mass is 618 g/mol. The summed E-state index contributed by atoms with van der Waals surface area (Å²) in [4.78, 5) is 30.9. The number of amides is 1. The Morgan fingerprint density at radius 1 is 1.13 bits per heavy atom. The molecule has 1 aromatic heterocycles. The Morgan fingerprint density at radius 2 is 1.96 bits per heavy atom. The number of nitrogens with zero attached hydrogens (tertiary/aromatic N) is 7. The lowest BCUT2D eigenvalue weighted by atomic mass is 10.0. The second-order valence-electron chi connectivity index (χ2n) is 11.1. The summed E-state index contributed by atoms with van der Waals surface area (Å²) in [6.45, 7) is 4.83. The maximum atomic E-state index is 14.8. The molecule has 2 atom stereocenters. The Morgan fingerprint density at radius 3 is 2.64 bits per heavy atom. The lowest BCUT2D eigenvalue weighted by molar-refractivity contribution is -0.138. The van der Waals surface area contributed by atoms with Gasteiger partial charge in [0.15, 0.2) is 12.0 Å². The van der Waals surface area contributed by atoms with E-state index in [1.54, 1.807) is 25.3 Å². The first kappa shape index (κ1) is 30.4. The molecule has 0 radical (unpaired) electrons. The Labute approximate surface area is 260 Å². The number of hydrogen-bond donors (Lipinski definition) is 2. The van der Waals surface area contributed by atoms with E-state index in [-0.39, 0.29) is 30.8 Å². The maximum Gasteiger partial charge on any atom is 0.248 e. The highest BCUT2D eigenvalue weighted by Gasteiger charge is 2.33. The fourth-order valence-corrected chi connectivity index (χ4v) is 5.77. The third-order valence-electron chi connectivity index (χ3n) is 8.41. The van der Waals surface area contributed by atoms with Crippen molar-refractivity contribution in [3.8, 4) is 29.0 Å². The standard InChI is InChI=1S/C31H35FN8O5/c1-43-28-13-22(3-4-25(28)39-10-8-38(9-11-39)23-17-44-18-23)36-31-35-19-34-30(37-31)20-2-5-26(21(12-20)14-33)45-27-6-7-40(15-24(27)32)29(42)16-41/h2-5,12-13,19,23-24,27,41H,6-11,15-18H2,1H3,(H,34,35,36,37)/t24?,27-/m0/s1. The van der Waals surface area contributed by atoms with Gasteiger partial charge >= 0.3 is 0 Å². The number of hydrogen-bond acceptors (Lipinski definition) is 12. The summed E-state index contributed by atoms with van der Waals surface area (Å²) in [6.07, 6.45) is -0.660. The number of likely N-dealkylation sites (tertiary alicyclic amines) is 1. The molecular formula is C31H35FN8O5. The van der Waals surface area contributed by atoms with E-state index in [2.05, 4.69) is 36.1 Å². The van der Waals surface area contributed by atoms with Gasteiger partial charge in [-0.3, -0.25) is 9.69 Å². The largest absolute Gasteiger partial charge is 0.495 e. The summed E-state index contributed by atoms with van der Waals surface area (Å²) in [6, 6.07) is 13.4. The van der Waals surface area contributed by atoms with Crippen molar-refractivity contribution in [1.82, 2.24) is 24.8 Å². The number of rotatable bonds is 9. The van der Waals surface area contributed by atoms with E-state index in [4.69, 9.17) is 19.3 Å². The van der Waals surface area contributed by atoms with Crippen LogP contribution < -0.4 is 19.7 Å². The molecule has 4 heterocycles. The number of carbonyl (C=O) groups is 1. The average molecular weight is 619 g/mol. The van der Waals surface area contributed by atoms with Crippen molar-refractivity contribution in [3.63, 3.8) is 0 Å². The number of aliphatic hydroxyl groups excluding tert-OH is 1. The number of benzene rings is 2. The minimum Gasteiger partial charge on any atom is -0.495 e. The molecule has 236 valence electrons. The molecule has 0 bridgehead atoms. The van der Waals surface area contributed by atoms with E-state index in [0.717, 1.165) is 56.5 Å². The highest BCUT2D eigenvalue weighted by atomic mass is 19.1. The molecule has 6 rings (SSSR count). The van der Waals surface area contributed by atoms with Crippen LogP contribution in [-0.4, -0.2) is 120 Å². The molecule has 3 saturated heterocycles. The fraction of sp³-hybridized carbons (Fsp3) is 0.452. The minimum atomic E-state index is -1.46. The number of alkyl halides is 1. The molecular weight excluding hydrogens is 583 g/mol. The van der Waals surface area contributed by atoms with Crippen LogP contribution >= 0.6 is 0 Å². The van der Waals surface area contributed by atoms with Crippen LogP contribution in [0.15, 0.2) is 42.7 Å². The molecule has 45 heavy (non-hydrogen) atoms. The third kappa shape index (κ3) is 6.75. The van der Waals surface area contributed by atoms with Gasteiger partial charge in [0.1, 0.15) is 36.6 Å². The number of aliphatic hydroxyl groups is 1. The van der Waals surface area contributed by atoms with Crippen molar-refractivity contribution in [2.24, 2.45) is 0 Å². The molecule has 0 spiro atoms. The van der Waals surface area contributed by atoms with Crippen molar-refractivity contribution >= 4 is 23.2 Å². The minimum absolute atomic E-state index is 0.174. The number of nitriles is 1. The van der Waals surface area contributed by atoms with Gasteiger partial charge in [0.05, 0.1) is 44.2 Å². The predicted octanol–water partition coefficient (Wildman–Crippen LogP) is 1.99. The van der Waals surface area contributed by atoms with Gasteiger partial charge in [-0.2, -0.15) is 10.2 Å². The topological polar surface area (TPSA) is 149 Å². The number of aromatic nitrogens is 3. The van der Waals surface area contributed by atoms with Crippen molar-refractivity contribution in [3.05, 3.63) is 48.3 Å². The number of anilines is 3. The number of ether oxygens (including phenoxy) is 3. The van der Waals surface area contributed by atoms with Gasteiger partial charge in [0.25, 0.3) is 0 Å². The molecule has 3 aliphatic heterocycles. The van der Waals surface area contributed by atoms with Crippen LogP contribution in [0.2, 0.25) is 0 Å². The predicted molar refractivity (Wildman–Crippen MR) is 162 cm³/mol. The van der Waals surface area contributed by atoms with E-state index in [9.17, 15) is 14.4 Å². The third-order valence-corrected chi connectivity index (χ3v) is 8.41. The summed E-state index contributed by atoms with van der Waals surface area (Å²) >= 11 is 0. The number of nitrogens with one attached hydrogen (secondary N) is 1. The van der Waals surface area contributed by atoms with Crippen molar-refractivity contribution in [1.29, 1.82) is 5.26 Å². The molecule has 3 aliphatic rings. The number of halogens is 1. The van der Waals surface area contributed by atoms with Gasteiger partial charge in [-0.05, 0) is 30.3 Å². The SMILES string of the molecule is COc1cc(Nc2ncnc(-c3ccc(O[C@H]4CCN(C(=O)CO)CC4F)c(C#N)c3)n2)ccc1N1CCN(C2COC2)CC1. The highest BCUT2D eigenvalue weighted by Crippen LogP contribution is 2.34. The second kappa shape index (κ2) is 13.6. The molecule has 0 aliphatic carbocycles. The second-order valence-corrected chi connectivity index (χ2v) is 11.1. The maximum absolute atomic E-state index is 14.8. The van der Waals surface area contributed by atoms with E-state index in [1.165, 1.54) is 11.2 Å². The summed E-state index contributed by atoms with van der Waals surface area (Å²) in [7, 11) is 1.65. The normalized spacial score (nSPS) is 20.7. The molecule has 1 amide bonds. The number of piperazine rings is 1. The first-order valence-corrected chi connectivity index (χ1v) is 14.9. The summed E-state index contributed by atoms with van der Waals surface area (Å²) < 4.78 is 31.7. The van der Waals surface area contributed by atoms with Crippen LogP contribution in [0.25, 0.3) is 11.4 Å². The van der Waals surface area contributed by atoms with E-state index in [1.807, 2.05) is 18.2 Å². The molecule has 1 unspecified atom stereocenters. The van der Waals surface area contributed by atoms with Crippen LogP contribution in [0.3, 0.4) is 0 Å². The molecule has 2 aromatic carbocycles. The average Bonchev–Trinajstić information content (AvgIpc) is 3.05. The zero-order valence-corrected chi connectivity index (χ0v) is 24.9. The zero-order chi connectivity index (χ0) is 31.3. The van der Waals surface area contributed by atoms with Gasteiger partial charge in [-0.1, -0.05) is 0 Å². The lowest BCUT2D eigenvalue weighted by Crippen LogP contribution is -2.56. The first-order chi connectivity index (χ1) is 21.9. The van der Waals surface area contributed by atoms with Gasteiger partial charge < -0.3 is 34.4 Å². The fourth-order valence-electron chi connectivity index (χ4n) is 5.77. The molecule has 2 N–H and O–H groups in total. The molecule has 14 heteroatoms. The number of piperidine rings is 1. The zero-order valence-electron chi connectivity index (χ0n) is 24.9. The van der Waals surface area contributed by atoms with Crippen LogP contribution in [0.1, 0.15) is 12.0 Å². The molecule has 3 aromatic rings. The van der Waals surface area contributed by atoms with Crippen LogP contribution in [0.4, 0.5) is 21.7 Å². The Balaban J connectivity index is 1.12. The quantitative estimate of drug-likeness (QED) is 0.361. The first-order valence-electron chi connectivity index (χ1n) is 14.9. The van der Waals surface area contributed by atoms with Crippen molar-refractivity contribution < 1.29 is 28.5 Å². The number of methoxy groups -OCH3 is 1. The lowest BCUT2D eigenvalue weighted by Gasteiger charge is -2.43. The number of carbonyl (C=O) groups excluding carboxylic acids is 1. The van der Waals surface area contributed by atoms with Gasteiger partial charge in [-0.15, -0.1) is 0 Å². The Hall–Kier alpha value is -4.58. The smallest absolute Gasteiger partial charge is 0.248 e. The van der Waals surface area contributed by atoms with E-state index in [0.29, 0.717) is 23.4 Å². The molecule has 3 fully saturated rings. The summed E-state index contributed by atoms with van der Waals surface area (Å²) in [5.41, 5.74) is 2.53. The molecule has 13 nitrogen and oxygen atoms in total. The van der Waals surface area contributed by atoms with Crippen molar-refractivity contribution in [2.75, 3.05) is 76.4 Å². The van der Waals surface area contributed by atoms with Gasteiger partial charge in [0.2, 0.25) is 11.9 Å². The highest BCUT2D eigenvalue weighted by molar-refractivity contribution is 5.77. The van der Waals surface area contributed by atoms with E-state index >= 15 is 0 Å².